The van der Waals surface area contributed by atoms with Crippen molar-refractivity contribution < 1.29 is 55.5 Å². The second kappa shape index (κ2) is 21.0. The average Bonchev–Trinajstić information content (AvgIpc) is 2.96. The number of hydrogen-bond acceptors (Lipinski definition) is 9. The zero-order chi connectivity index (χ0) is 29.6. The maximum absolute atomic E-state index is 13.0. The van der Waals surface area contributed by atoms with E-state index in [1.54, 1.807) is 18.2 Å². The monoisotopic (exact) mass is 591 g/mol. The molecule has 0 saturated heterocycles. The summed E-state index contributed by atoms with van der Waals surface area (Å²) in [6.07, 6.45) is -4.47. The van der Waals surface area contributed by atoms with Gasteiger partial charge in [0.25, 0.3) is 0 Å². The number of carbonyl (C=O) groups excluding carboxylic acids is 1. The van der Waals surface area contributed by atoms with Crippen molar-refractivity contribution in [2.45, 2.75) is 6.18 Å². The van der Waals surface area contributed by atoms with Crippen LogP contribution in [0.25, 0.3) is 0 Å². The van der Waals surface area contributed by atoms with Gasteiger partial charge in [0.1, 0.15) is 13.3 Å². The highest BCUT2D eigenvalue weighted by Crippen LogP contribution is 2.32. The van der Waals surface area contributed by atoms with Gasteiger partial charge < -0.3 is 38.5 Å². The Morgan fingerprint density at radius 1 is 0.634 bits per heavy atom. The second-order valence-corrected chi connectivity index (χ2v) is 8.25. The van der Waals surface area contributed by atoms with Crippen LogP contribution < -0.4 is 5.32 Å². The molecule has 0 bridgehead atoms. The summed E-state index contributed by atoms with van der Waals surface area (Å²) in [5.41, 5.74) is -0.0977. The molecule has 1 N–H and O–H groups in total. The van der Waals surface area contributed by atoms with E-state index in [9.17, 15) is 22.4 Å². The number of anilines is 2. The number of ether oxygens (including phenoxy) is 7. The summed E-state index contributed by atoms with van der Waals surface area (Å²) in [6, 6.07) is 11.1. The molecule has 2 aromatic rings. The van der Waals surface area contributed by atoms with Crippen LogP contribution in [0.4, 0.5) is 28.9 Å². The van der Waals surface area contributed by atoms with Crippen LogP contribution in [0.5, 0.6) is 0 Å². The molecule has 0 unspecified atom stereocenters. The largest absolute Gasteiger partial charge is 0.460 e. The number of carbonyl (C=O) groups is 1. The maximum Gasteiger partial charge on any atom is 0.416 e. The number of esters is 1. The fourth-order valence-corrected chi connectivity index (χ4v) is 3.23. The van der Waals surface area contributed by atoms with E-state index < -0.39 is 24.4 Å². The van der Waals surface area contributed by atoms with E-state index in [2.05, 4.69) is 5.32 Å². The molecule has 0 aliphatic heterocycles. The molecular formula is C28H37F4NO8. The average molecular weight is 592 g/mol. The summed E-state index contributed by atoms with van der Waals surface area (Å²) in [5.74, 6) is -0.631. The van der Waals surface area contributed by atoms with Gasteiger partial charge in [0.05, 0.1) is 96.1 Å². The molecule has 0 fully saturated rings. The van der Waals surface area contributed by atoms with E-state index in [-0.39, 0.29) is 31.1 Å². The number of hydrogen-bond donors (Lipinski definition) is 1. The molecule has 0 radical (unpaired) electrons. The second-order valence-electron chi connectivity index (χ2n) is 8.25. The number of halogens is 4. The Morgan fingerprint density at radius 3 is 1.63 bits per heavy atom. The smallest absolute Gasteiger partial charge is 0.416 e. The molecule has 0 aliphatic rings. The molecule has 0 aromatic heterocycles. The summed E-state index contributed by atoms with van der Waals surface area (Å²) in [5, 5.41) is 2.85. The molecule has 0 spiro atoms. The lowest BCUT2D eigenvalue weighted by Gasteiger charge is -2.13. The first-order valence-electron chi connectivity index (χ1n) is 13.1. The minimum absolute atomic E-state index is 0.00218. The summed E-state index contributed by atoms with van der Waals surface area (Å²) in [6.45, 7) is 3.61. The van der Waals surface area contributed by atoms with E-state index in [1.807, 2.05) is 0 Å². The normalized spacial score (nSPS) is 11.5. The standard InChI is InChI=1S/C28H37F4NO8/c29-8-9-35-10-11-36-12-13-37-14-15-38-16-17-39-18-19-40-20-21-41-27(34)25-6-1-2-7-26(25)33-24-5-3-4-23(22-24)28(30,31)32/h1-7,22,33H,8-21H2. The first kappa shape index (κ1) is 34.4. The highest BCUT2D eigenvalue weighted by Gasteiger charge is 2.30. The Bertz CT molecular complexity index is 980. The third-order valence-electron chi connectivity index (χ3n) is 5.16. The number of benzene rings is 2. The van der Waals surface area contributed by atoms with Crippen molar-refractivity contribution in [2.24, 2.45) is 0 Å². The van der Waals surface area contributed by atoms with Crippen molar-refractivity contribution in [3.05, 3.63) is 59.7 Å². The van der Waals surface area contributed by atoms with Crippen molar-refractivity contribution in [1.29, 1.82) is 0 Å². The van der Waals surface area contributed by atoms with E-state index >= 15 is 0 Å². The van der Waals surface area contributed by atoms with Gasteiger partial charge in [-0.05, 0) is 30.3 Å². The molecule has 13 heteroatoms. The summed E-state index contributed by atoms with van der Waals surface area (Å²) < 4.78 is 87.7. The van der Waals surface area contributed by atoms with Crippen LogP contribution in [0.1, 0.15) is 15.9 Å². The van der Waals surface area contributed by atoms with Gasteiger partial charge in [0.15, 0.2) is 0 Å². The topological polar surface area (TPSA) is 93.7 Å². The number of alkyl halides is 4. The van der Waals surface area contributed by atoms with E-state index in [1.165, 1.54) is 18.2 Å². The van der Waals surface area contributed by atoms with Crippen molar-refractivity contribution >= 4 is 17.3 Å². The van der Waals surface area contributed by atoms with Crippen molar-refractivity contribution in [1.82, 2.24) is 0 Å². The third kappa shape index (κ3) is 15.7. The minimum Gasteiger partial charge on any atom is -0.460 e. The molecule has 0 aliphatic carbocycles. The fraction of sp³-hybridized carbons (Fsp3) is 0.536. The van der Waals surface area contributed by atoms with Gasteiger partial charge in [0.2, 0.25) is 0 Å². The highest BCUT2D eigenvalue weighted by atomic mass is 19.4. The summed E-state index contributed by atoms with van der Waals surface area (Å²) >= 11 is 0. The first-order valence-corrected chi connectivity index (χ1v) is 13.1. The number of rotatable bonds is 23. The summed E-state index contributed by atoms with van der Waals surface area (Å²) in [7, 11) is 0. The predicted octanol–water partition coefficient (Wildman–Crippen LogP) is 4.67. The Labute approximate surface area is 236 Å². The zero-order valence-corrected chi connectivity index (χ0v) is 22.8. The van der Waals surface area contributed by atoms with Gasteiger partial charge in [-0.15, -0.1) is 0 Å². The van der Waals surface area contributed by atoms with Crippen LogP contribution in [0.3, 0.4) is 0 Å². The first-order chi connectivity index (χ1) is 19.9. The molecular weight excluding hydrogens is 554 g/mol. The van der Waals surface area contributed by atoms with Crippen molar-refractivity contribution in [3.8, 4) is 0 Å². The quantitative estimate of drug-likeness (QED) is 0.112. The Kier molecular flexibility index (Phi) is 17.6. The third-order valence-corrected chi connectivity index (χ3v) is 5.16. The highest BCUT2D eigenvalue weighted by molar-refractivity contribution is 5.96. The predicted molar refractivity (Wildman–Crippen MR) is 142 cm³/mol. The van der Waals surface area contributed by atoms with Gasteiger partial charge in [0, 0.05) is 5.69 Å². The minimum atomic E-state index is -4.47. The van der Waals surface area contributed by atoms with Crippen LogP contribution in [0.2, 0.25) is 0 Å². The zero-order valence-electron chi connectivity index (χ0n) is 22.8. The van der Waals surface area contributed by atoms with Crippen LogP contribution >= 0.6 is 0 Å². The Hall–Kier alpha value is -2.81. The fourth-order valence-electron chi connectivity index (χ4n) is 3.23. The van der Waals surface area contributed by atoms with Crippen molar-refractivity contribution in [3.63, 3.8) is 0 Å². The lowest BCUT2D eigenvalue weighted by atomic mass is 10.1. The van der Waals surface area contributed by atoms with Gasteiger partial charge in [-0.1, -0.05) is 18.2 Å². The van der Waals surface area contributed by atoms with Gasteiger partial charge in [-0.3, -0.25) is 0 Å². The molecule has 0 saturated carbocycles. The van der Waals surface area contributed by atoms with E-state index in [4.69, 9.17) is 33.2 Å². The Balaban J connectivity index is 1.47. The molecule has 2 aromatic carbocycles. The maximum atomic E-state index is 13.0. The van der Waals surface area contributed by atoms with Crippen LogP contribution in [0, 0.1) is 0 Å². The molecule has 41 heavy (non-hydrogen) atoms. The van der Waals surface area contributed by atoms with E-state index in [0.29, 0.717) is 71.8 Å². The van der Waals surface area contributed by atoms with Crippen LogP contribution in [0.15, 0.2) is 48.5 Å². The number of para-hydroxylation sites is 1. The van der Waals surface area contributed by atoms with Crippen LogP contribution in [-0.4, -0.2) is 98.5 Å². The molecule has 9 nitrogen and oxygen atoms in total. The molecule has 0 atom stereocenters. The SMILES string of the molecule is O=C(OCCOCCOCCOCCOCCOCCOCCF)c1ccccc1Nc1cccc(C(F)(F)F)c1. The van der Waals surface area contributed by atoms with Crippen LogP contribution in [-0.2, 0) is 39.3 Å². The van der Waals surface area contributed by atoms with Gasteiger partial charge in [-0.2, -0.15) is 13.2 Å². The van der Waals surface area contributed by atoms with Gasteiger partial charge >= 0.3 is 12.1 Å². The molecule has 2 rings (SSSR count). The molecule has 0 heterocycles. The lowest BCUT2D eigenvalue weighted by molar-refractivity contribution is -0.137. The van der Waals surface area contributed by atoms with E-state index in [0.717, 1.165) is 12.1 Å². The lowest BCUT2D eigenvalue weighted by Crippen LogP contribution is -2.15. The van der Waals surface area contributed by atoms with Crippen molar-refractivity contribution in [2.75, 3.05) is 97.9 Å². The van der Waals surface area contributed by atoms with Gasteiger partial charge in [-0.25, -0.2) is 9.18 Å². The summed E-state index contributed by atoms with van der Waals surface area (Å²) in [4.78, 5) is 12.5. The molecule has 230 valence electrons. The number of nitrogens with one attached hydrogen (secondary N) is 1. The molecule has 0 amide bonds. The Morgan fingerprint density at radius 2 is 1.12 bits per heavy atom.